The number of furan rings is 1. The van der Waals surface area contributed by atoms with Gasteiger partial charge < -0.3 is 14.6 Å². The van der Waals surface area contributed by atoms with E-state index in [1.807, 2.05) is 17.0 Å². The van der Waals surface area contributed by atoms with Gasteiger partial charge in [0.15, 0.2) is 0 Å². The summed E-state index contributed by atoms with van der Waals surface area (Å²) in [6, 6.07) is 4.14. The monoisotopic (exact) mass is 263 g/mol. The third-order valence-corrected chi connectivity index (χ3v) is 4.04. The molecule has 1 N–H and O–H groups in total. The van der Waals surface area contributed by atoms with Crippen molar-refractivity contribution in [2.75, 3.05) is 32.7 Å². The van der Waals surface area contributed by atoms with Crippen molar-refractivity contribution >= 4 is 6.03 Å². The van der Waals surface area contributed by atoms with Crippen LogP contribution in [0.4, 0.5) is 4.79 Å². The molecule has 2 aliphatic heterocycles. The maximum absolute atomic E-state index is 11.9. The Balaban J connectivity index is 1.60. The Morgan fingerprint density at radius 3 is 2.63 bits per heavy atom. The van der Waals surface area contributed by atoms with Gasteiger partial charge in [0.2, 0.25) is 0 Å². The summed E-state index contributed by atoms with van der Waals surface area (Å²) in [6.45, 7) is 4.58. The predicted octanol–water partition coefficient (Wildman–Crippen LogP) is 1.83. The fourth-order valence-electron chi connectivity index (χ4n) is 2.76. The Kier molecular flexibility index (Phi) is 3.73. The van der Waals surface area contributed by atoms with Gasteiger partial charge in [0.1, 0.15) is 5.76 Å². The second-order valence-electron chi connectivity index (χ2n) is 5.30. The predicted molar refractivity (Wildman–Crippen MR) is 71.8 cm³/mol. The van der Waals surface area contributed by atoms with Gasteiger partial charge in [-0.3, -0.25) is 4.90 Å². The fourth-order valence-corrected chi connectivity index (χ4v) is 2.76. The minimum Gasteiger partial charge on any atom is -0.468 e. The molecule has 104 valence electrons. The topological polar surface area (TPSA) is 48.7 Å². The van der Waals surface area contributed by atoms with Gasteiger partial charge in [0.05, 0.1) is 12.3 Å². The van der Waals surface area contributed by atoms with E-state index in [1.165, 1.54) is 12.8 Å². The van der Waals surface area contributed by atoms with Crippen molar-refractivity contribution in [3.05, 3.63) is 24.2 Å². The normalized spacial score (nSPS) is 21.2. The van der Waals surface area contributed by atoms with Crippen LogP contribution >= 0.6 is 0 Å². The van der Waals surface area contributed by atoms with Crippen LogP contribution < -0.4 is 5.32 Å². The zero-order valence-corrected chi connectivity index (χ0v) is 11.2. The number of likely N-dealkylation sites (tertiary alicyclic amines) is 2. The van der Waals surface area contributed by atoms with Crippen molar-refractivity contribution in [3.8, 4) is 0 Å². The molecule has 5 nitrogen and oxygen atoms in total. The maximum Gasteiger partial charge on any atom is 0.317 e. The first-order valence-corrected chi connectivity index (χ1v) is 7.15. The summed E-state index contributed by atoms with van der Waals surface area (Å²) < 4.78 is 5.53. The van der Waals surface area contributed by atoms with Crippen LogP contribution in [-0.2, 0) is 0 Å². The summed E-state index contributed by atoms with van der Waals surface area (Å²) in [5.74, 6) is 0.950. The van der Waals surface area contributed by atoms with Crippen LogP contribution in [-0.4, -0.2) is 48.6 Å². The average molecular weight is 263 g/mol. The quantitative estimate of drug-likeness (QED) is 0.901. The van der Waals surface area contributed by atoms with Crippen molar-refractivity contribution in [2.24, 2.45) is 0 Å². The second-order valence-corrected chi connectivity index (χ2v) is 5.30. The standard InChI is InChI=1S/C14H21N3O2/c18-14(17-8-4-9-17)15-11-12(13-5-3-10-19-13)16-6-1-2-7-16/h3,5,10,12H,1-2,4,6-9,11H2,(H,15,18). The average Bonchev–Trinajstić information content (AvgIpc) is 2.98. The van der Waals surface area contributed by atoms with Crippen molar-refractivity contribution in [2.45, 2.75) is 25.3 Å². The van der Waals surface area contributed by atoms with Crippen LogP contribution in [0.1, 0.15) is 31.1 Å². The molecule has 0 aromatic carbocycles. The molecule has 3 rings (SSSR count). The molecule has 2 aliphatic rings. The maximum atomic E-state index is 11.9. The molecular formula is C14H21N3O2. The second kappa shape index (κ2) is 5.65. The first-order valence-electron chi connectivity index (χ1n) is 7.15. The van der Waals surface area contributed by atoms with Gasteiger partial charge in [-0.05, 0) is 44.5 Å². The molecular weight excluding hydrogens is 242 g/mol. The molecule has 2 fully saturated rings. The van der Waals surface area contributed by atoms with E-state index in [0.29, 0.717) is 6.54 Å². The summed E-state index contributed by atoms with van der Waals surface area (Å²) in [6.07, 6.45) is 5.30. The number of carbonyl (C=O) groups is 1. The molecule has 0 bridgehead atoms. The zero-order chi connectivity index (χ0) is 13.1. The third kappa shape index (κ3) is 2.76. The number of hydrogen-bond acceptors (Lipinski definition) is 3. The minimum absolute atomic E-state index is 0.0574. The minimum atomic E-state index is 0.0574. The summed E-state index contributed by atoms with van der Waals surface area (Å²) >= 11 is 0. The Morgan fingerprint density at radius 2 is 2.05 bits per heavy atom. The first-order chi connectivity index (χ1) is 9.34. The highest BCUT2D eigenvalue weighted by molar-refractivity contribution is 5.74. The van der Waals surface area contributed by atoms with Gasteiger partial charge in [0.25, 0.3) is 0 Å². The van der Waals surface area contributed by atoms with E-state index >= 15 is 0 Å². The summed E-state index contributed by atoms with van der Waals surface area (Å²) in [5, 5.41) is 3.04. The van der Waals surface area contributed by atoms with Crippen LogP contribution in [0.25, 0.3) is 0 Å². The van der Waals surface area contributed by atoms with Crippen LogP contribution in [0, 0.1) is 0 Å². The third-order valence-electron chi connectivity index (χ3n) is 4.04. The fraction of sp³-hybridized carbons (Fsp3) is 0.643. The molecule has 0 aliphatic carbocycles. The van der Waals surface area contributed by atoms with Gasteiger partial charge in [0, 0.05) is 19.6 Å². The number of urea groups is 1. The molecule has 2 saturated heterocycles. The molecule has 0 radical (unpaired) electrons. The van der Waals surface area contributed by atoms with Crippen LogP contribution in [0.3, 0.4) is 0 Å². The lowest BCUT2D eigenvalue weighted by Gasteiger charge is -2.32. The summed E-state index contributed by atoms with van der Waals surface area (Å²) in [5.41, 5.74) is 0. The van der Waals surface area contributed by atoms with E-state index in [1.54, 1.807) is 6.26 Å². The van der Waals surface area contributed by atoms with Crippen molar-refractivity contribution in [1.29, 1.82) is 0 Å². The van der Waals surface area contributed by atoms with Crippen LogP contribution in [0.5, 0.6) is 0 Å². The van der Waals surface area contributed by atoms with Crippen LogP contribution in [0.2, 0.25) is 0 Å². The van der Waals surface area contributed by atoms with Crippen molar-refractivity contribution in [1.82, 2.24) is 15.1 Å². The van der Waals surface area contributed by atoms with E-state index < -0.39 is 0 Å². The summed E-state index contributed by atoms with van der Waals surface area (Å²) in [7, 11) is 0. The highest BCUT2D eigenvalue weighted by atomic mass is 16.3. The highest BCUT2D eigenvalue weighted by Gasteiger charge is 2.27. The molecule has 19 heavy (non-hydrogen) atoms. The smallest absolute Gasteiger partial charge is 0.317 e. The number of rotatable bonds is 4. The Morgan fingerprint density at radius 1 is 1.26 bits per heavy atom. The molecule has 0 saturated carbocycles. The van der Waals surface area contributed by atoms with Gasteiger partial charge >= 0.3 is 6.03 Å². The van der Waals surface area contributed by atoms with E-state index in [2.05, 4.69) is 10.2 Å². The molecule has 1 aromatic rings. The van der Waals surface area contributed by atoms with Gasteiger partial charge in [-0.1, -0.05) is 0 Å². The van der Waals surface area contributed by atoms with E-state index in [9.17, 15) is 4.79 Å². The molecule has 3 heterocycles. The first kappa shape index (κ1) is 12.5. The van der Waals surface area contributed by atoms with E-state index in [-0.39, 0.29) is 12.1 Å². The number of carbonyl (C=O) groups excluding carboxylic acids is 1. The number of nitrogens with one attached hydrogen (secondary N) is 1. The van der Waals surface area contributed by atoms with Gasteiger partial charge in [-0.2, -0.15) is 0 Å². The largest absolute Gasteiger partial charge is 0.468 e. The lowest BCUT2D eigenvalue weighted by atomic mass is 10.2. The van der Waals surface area contributed by atoms with Gasteiger partial charge in [-0.15, -0.1) is 0 Å². The molecule has 1 unspecified atom stereocenters. The number of amides is 2. The van der Waals surface area contributed by atoms with Crippen LogP contribution in [0.15, 0.2) is 22.8 Å². The molecule has 2 amide bonds. The zero-order valence-electron chi connectivity index (χ0n) is 11.2. The molecule has 5 heteroatoms. The SMILES string of the molecule is O=C(NCC(c1ccco1)N1CCCC1)N1CCC1. The van der Waals surface area contributed by atoms with Gasteiger partial charge in [-0.25, -0.2) is 4.79 Å². The summed E-state index contributed by atoms with van der Waals surface area (Å²) in [4.78, 5) is 16.1. The number of hydrogen-bond donors (Lipinski definition) is 1. The highest BCUT2D eigenvalue weighted by Crippen LogP contribution is 2.25. The Labute approximate surface area is 113 Å². The lowest BCUT2D eigenvalue weighted by molar-refractivity contribution is 0.158. The Hall–Kier alpha value is -1.49. The van der Waals surface area contributed by atoms with E-state index in [0.717, 1.165) is 38.4 Å². The Bertz CT molecular complexity index is 408. The number of nitrogens with zero attached hydrogens (tertiary/aromatic N) is 2. The molecule has 1 atom stereocenters. The van der Waals surface area contributed by atoms with Crippen molar-refractivity contribution in [3.63, 3.8) is 0 Å². The molecule has 1 aromatic heterocycles. The van der Waals surface area contributed by atoms with Crippen molar-refractivity contribution < 1.29 is 9.21 Å². The van der Waals surface area contributed by atoms with E-state index in [4.69, 9.17) is 4.42 Å². The molecule has 0 spiro atoms. The lowest BCUT2D eigenvalue weighted by Crippen LogP contribution is -2.49.